The van der Waals surface area contributed by atoms with E-state index in [4.69, 9.17) is 25.2 Å². The normalized spacial score (nSPS) is 24.2. The number of rotatable bonds is 4. The molecule has 2 aromatic heterocycles. The average Bonchev–Trinajstić information content (AvgIpc) is 3.12. The molecular weight excluding hydrogens is 358 g/mol. The SMILES string of the molecule is CO[C@H]1C[C@H](N2CCc3c(-c4cnc(N)nc4)nc(N4CCOCC4)nc32)C1. The number of ether oxygens (including phenoxy) is 2. The minimum Gasteiger partial charge on any atom is -0.381 e. The highest BCUT2D eigenvalue weighted by molar-refractivity contribution is 5.72. The fourth-order valence-electron chi connectivity index (χ4n) is 4.21. The third kappa shape index (κ3) is 3.04. The second kappa shape index (κ2) is 7.14. The molecule has 28 heavy (non-hydrogen) atoms. The Labute approximate surface area is 163 Å². The van der Waals surface area contributed by atoms with Gasteiger partial charge in [-0.15, -0.1) is 0 Å². The van der Waals surface area contributed by atoms with Gasteiger partial charge in [-0.05, 0) is 19.3 Å². The van der Waals surface area contributed by atoms with Gasteiger partial charge in [-0.3, -0.25) is 0 Å². The summed E-state index contributed by atoms with van der Waals surface area (Å²) in [4.78, 5) is 22.9. The van der Waals surface area contributed by atoms with Crippen LogP contribution in [0, 0.1) is 0 Å². The van der Waals surface area contributed by atoms with Gasteiger partial charge in [0.05, 0.1) is 25.0 Å². The lowest BCUT2D eigenvalue weighted by Crippen LogP contribution is -2.47. The fraction of sp³-hybridized carbons (Fsp3) is 0.579. The first-order chi connectivity index (χ1) is 13.7. The summed E-state index contributed by atoms with van der Waals surface area (Å²) in [5.41, 5.74) is 8.65. The molecule has 1 saturated carbocycles. The van der Waals surface area contributed by atoms with Crippen molar-refractivity contribution >= 4 is 17.7 Å². The number of aromatic nitrogens is 4. The van der Waals surface area contributed by atoms with Crippen molar-refractivity contribution in [2.45, 2.75) is 31.4 Å². The standard InChI is InChI=1S/C19H25N7O2/c1-27-14-8-13(9-14)26-3-2-15-16(12-10-21-18(20)22-11-12)23-19(24-17(15)26)25-4-6-28-7-5-25/h10-11,13-14H,2-9H2,1H3,(H2,20,21,22)/t13-,14-. The number of anilines is 3. The Morgan fingerprint density at radius 1 is 1.11 bits per heavy atom. The molecule has 0 aromatic carbocycles. The second-order valence-corrected chi connectivity index (χ2v) is 7.53. The van der Waals surface area contributed by atoms with Crippen LogP contribution in [0.2, 0.25) is 0 Å². The topological polar surface area (TPSA) is 103 Å². The quantitative estimate of drug-likeness (QED) is 0.824. The fourth-order valence-corrected chi connectivity index (χ4v) is 4.21. The molecule has 2 aliphatic heterocycles. The molecule has 2 fully saturated rings. The van der Waals surface area contributed by atoms with Crippen molar-refractivity contribution in [3.05, 3.63) is 18.0 Å². The van der Waals surface area contributed by atoms with E-state index < -0.39 is 0 Å². The Hall–Kier alpha value is -2.52. The summed E-state index contributed by atoms with van der Waals surface area (Å²) in [6.07, 6.45) is 6.88. The van der Waals surface area contributed by atoms with Crippen molar-refractivity contribution in [2.24, 2.45) is 0 Å². The van der Waals surface area contributed by atoms with E-state index in [2.05, 4.69) is 19.8 Å². The summed E-state index contributed by atoms with van der Waals surface area (Å²) >= 11 is 0. The second-order valence-electron chi connectivity index (χ2n) is 7.53. The lowest BCUT2D eigenvalue weighted by atomic mass is 9.88. The Kier molecular flexibility index (Phi) is 4.48. The van der Waals surface area contributed by atoms with Crippen LogP contribution >= 0.6 is 0 Å². The maximum absolute atomic E-state index is 5.68. The monoisotopic (exact) mass is 383 g/mol. The van der Waals surface area contributed by atoms with Crippen molar-refractivity contribution in [3.63, 3.8) is 0 Å². The predicted octanol–water partition coefficient (Wildman–Crippen LogP) is 0.892. The molecule has 0 unspecified atom stereocenters. The number of hydrogen-bond donors (Lipinski definition) is 1. The zero-order chi connectivity index (χ0) is 19.1. The smallest absolute Gasteiger partial charge is 0.228 e. The molecule has 148 valence electrons. The summed E-state index contributed by atoms with van der Waals surface area (Å²) < 4.78 is 11.0. The van der Waals surface area contributed by atoms with E-state index in [0.717, 1.165) is 61.9 Å². The Morgan fingerprint density at radius 2 is 1.86 bits per heavy atom. The number of nitrogen functional groups attached to an aromatic ring is 1. The highest BCUT2D eigenvalue weighted by Crippen LogP contribution is 2.40. The van der Waals surface area contributed by atoms with Gasteiger partial charge in [-0.1, -0.05) is 0 Å². The minimum atomic E-state index is 0.268. The van der Waals surface area contributed by atoms with E-state index in [0.29, 0.717) is 25.4 Å². The van der Waals surface area contributed by atoms with Crippen molar-refractivity contribution < 1.29 is 9.47 Å². The van der Waals surface area contributed by atoms with E-state index in [1.54, 1.807) is 19.5 Å². The molecule has 9 nitrogen and oxygen atoms in total. The molecule has 0 atom stereocenters. The maximum Gasteiger partial charge on any atom is 0.228 e. The third-order valence-corrected chi connectivity index (χ3v) is 5.93. The third-order valence-electron chi connectivity index (χ3n) is 5.93. The first-order valence-corrected chi connectivity index (χ1v) is 9.84. The molecule has 1 saturated heterocycles. The van der Waals surface area contributed by atoms with Crippen LogP contribution in [0.4, 0.5) is 17.7 Å². The minimum absolute atomic E-state index is 0.268. The number of nitrogens with zero attached hydrogens (tertiary/aromatic N) is 6. The summed E-state index contributed by atoms with van der Waals surface area (Å²) in [7, 11) is 1.79. The van der Waals surface area contributed by atoms with Gasteiger partial charge in [-0.2, -0.15) is 4.98 Å². The molecular formula is C19H25N7O2. The lowest BCUT2D eigenvalue weighted by molar-refractivity contribution is 0.0257. The van der Waals surface area contributed by atoms with Gasteiger partial charge in [0.15, 0.2) is 0 Å². The zero-order valence-corrected chi connectivity index (χ0v) is 16.0. The van der Waals surface area contributed by atoms with Gasteiger partial charge in [0.1, 0.15) is 5.82 Å². The molecule has 0 amide bonds. The highest BCUT2D eigenvalue weighted by atomic mass is 16.5. The maximum atomic E-state index is 5.68. The van der Waals surface area contributed by atoms with Gasteiger partial charge in [-0.25, -0.2) is 15.0 Å². The van der Waals surface area contributed by atoms with Crippen LogP contribution in [-0.2, 0) is 15.9 Å². The average molecular weight is 383 g/mol. The van der Waals surface area contributed by atoms with Gasteiger partial charge in [0.25, 0.3) is 0 Å². The molecule has 0 radical (unpaired) electrons. The first kappa shape index (κ1) is 17.6. The molecule has 2 N–H and O–H groups in total. The molecule has 1 aliphatic carbocycles. The van der Waals surface area contributed by atoms with Crippen molar-refractivity contribution in [3.8, 4) is 11.3 Å². The summed E-state index contributed by atoms with van der Waals surface area (Å²) in [6, 6.07) is 0.481. The number of fused-ring (bicyclic) bond motifs is 1. The Balaban J connectivity index is 1.55. The number of methoxy groups -OCH3 is 1. The number of morpholine rings is 1. The van der Waals surface area contributed by atoms with Crippen molar-refractivity contribution in [1.29, 1.82) is 0 Å². The van der Waals surface area contributed by atoms with Crippen LogP contribution in [0.25, 0.3) is 11.3 Å². The lowest BCUT2D eigenvalue weighted by Gasteiger charge is -2.41. The largest absolute Gasteiger partial charge is 0.381 e. The van der Waals surface area contributed by atoms with Crippen LogP contribution < -0.4 is 15.5 Å². The molecule has 5 rings (SSSR count). The number of nitrogens with two attached hydrogens (primary N) is 1. The van der Waals surface area contributed by atoms with Gasteiger partial charge in [0, 0.05) is 56.3 Å². The van der Waals surface area contributed by atoms with Crippen LogP contribution in [0.1, 0.15) is 18.4 Å². The summed E-state index contributed by atoms with van der Waals surface area (Å²) in [6.45, 7) is 3.95. The van der Waals surface area contributed by atoms with Crippen molar-refractivity contribution in [1.82, 2.24) is 19.9 Å². The predicted molar refractivity (Wildman–Crippen MR) is 105 cm³/mol. The summed E-state index contributed by atoms with van der Waals surface area (Å²) in [5, 5.41) is 0. The van der Waals surface area contributed by atoms with E-state index in [9.17, 15) is 0 Å². The molecule has 0 bridgehead atoms. The van der Waals surface area contributed by atoms with Crippen LogP contribution in [0.3, 0.4) is 0 Å². The van der Waals surface area contributed by atoms with Crippen LogP contribution in [0.15, 0.2) is 12.4 Å². The van der Waals surface area contributed by atoms with E-state index >= 15 is 0 Å². The molecule has 3 aliphatic rings. The van der Waals surface area contributed by atoms with Gasteiger partial charge >= 0.3 is 0 Å². The van der Waals surface area contributed by atoms with Crippen molar-refractivity contribution in [2.75, 3.05) is 55.5 Å². The molecule has 9 heteroatoms. The number of hydrogen-bond acceptors (Lipinski definition) is 9. The Bertz CT molecular complexity index is 848. The molecule has 2 aromatic rings. The Morgan fingerprint density at radius 3 is 2.57 bits per heavy atom. The van der Waals surface area contributed by atoms with E-state index in [1.165, 1.54) is 5.56 Å². The summed E-state index contributed by atoms with van der Waals surface area (Å²) in [5.74, 6) is 2.07. The first-order valence-electron chi connectivity index (χ1n) is 9.84. The van der Waals surface area contributed by atoms with Gasteiger partial charge in [0.2, 0.25) is 11.9 Å². The van der Waals surface area contributed by atoms with Crippen LogP contribution in [0.5, 0.6) is 0 Å². The van der Waals surface area contributed by atoms with Crippen LogP contribution in [-0.4, -0.2) is 72.0 Å². The molecule has 4 heterocycles. The van der Waals surface area contributed by atoms with Gasteiger partial charge < -0.3 is 25.0 Å². The zero-order valence-electron chi connectivity index (χ0n) is 16.0. The molecule has 0 spiro atoms. The van der Waals surface area contributed by atoms with E-state index in [1.807, 2.05) is 0 Å². The van der Waals surface area contributed by atoms with E-state index in [-0.39, 0.29) is 5.95 Å². The highest BCUT2D eigenvalue weighted by Gasteiger charge is 2.39.